The SMILES string of the molecule is COc1ccc(/C=C2\Oc3c(ccc(O)c3C[NH+](C)Cc3ccccc3)C2=O)cc1OC. The molecule has 0 radical (unpaired) electrons. The molecule has 0 fully saturated rings. The summed E-state index contributed by atoms with van der Waals surface area (Å²) in [6.07, 6.45) is 1.67. The molecule has 0 aliphatic carbocycles. The maximum absolute atomic E-state index is 13.0. The minimum absolute atomic E-state index is 0.122. The third-order valence-electron chi connectivity index (χ3n) is 5.45. The number of hydrogen-bond donors (Lipinski definition) is 2. The van der Waals surface area contributed by atoms with Crippen molar-refractivity contribution in [2.24, 2.45) is 0 Å². The lowest BCUT2D eigenvalue weighted by Crippen LogP contribution is -3.06. The van der Waals surface area contributed by atoms with E-state index in [1.54, 1.807) is 44.6 Å². The first kappa shape index (κ1) is 21.5. The standard InChI is InChI=1S/C26H25NO5/c1-27(15-17-7-5-4-6-8-17)16-20-21(28)11-10-19-25(29)24(32-26(19)20)14-18-9-12-22(30-2)23(13-18)31-3/h4-14,28H,15-16H2,1-3H3/p+1/b24-14-. The van der Waals surface area contributed by atoms with Gasteiger partial charge < -0.3 is 24.2 Å². The molecule has 0 saturated carbocycles. The van der Waals surface area contributed by atoms with E-state index in [-0.39, 0.29) is 17.3 Å². The van der Waals surface area contributed by atoms with Crippen LogP contribution in [-0.2, 0) is 13.1 Å². The molecule has 32 heavy (non-hydrogen) atoms. The van der Waals surface area contributed by atoms with Crippen LogP contribution in [0.3, 0.4) is 0 Å². The summed E-state index contributed by atoms with van der Waals surface area (Å²) in [5.41, 5.74) is 3.02. The van der Waals surface area contributed by atoms with E-state index in [2.05, 4.69) is 12.1 Å². The molecule has 2 N–H and O–H groups in total. The van der Waals surface area contributed by atoms with Crippen LogP contribution in [0, 0.1) is 0 Å². The summed E-state index contributed by atoms with van der Waals surface area (Å²) >= 11 is 0. The third kappa shape index (κ3) is 4.31. The van der Waals surface area contributed by atoms with Crippen molar-refractivity contribution in [2.45, 2.75) is 13.1 Å². The zero-order valence-electron chi connectivity index (χ0n) is 18.3. The summed E-state index contributed by atoms with van der Waals surface area (Å²) in [5, 5.41) is 10.5. The quantitative estimate of drug-likeness (QED) is 0.561. The van der Waals surface area contributed by atoms with Crippen molar-refractivity contribution < 1.29 is 29.0 Å². The second-order valence-corrected chi connectivity index (χ2v) is 7.79. The Morgan fingerprint density at radius 1 is 0.969 bits per heavy atom. The zero-order chi connectivity index (χ0) is 22.7. The summed E-state index contributed by atoms with van der Waals surface area (Å²) in [7, 11) is 5.18. The largest absolute Gasteiger partial charge is 0.507 e. The van der Waals surface area contributed by atoms with Gasteiger partial charge in [0.05, 0.1) is 32.4 Å². The normalized spacial score (nSPS) is 14.7. The Balaban J connectivity index is 1.60. The highest BCUT2D eigenvalue weighted by molar-refractivity contribution is 6.15. The van der Waals surface area contributed by atoms with Crippen molar-refractivity contribution in [3.63, 3.8) is 0 Å². The monoisotopic (exact) mass is 432 g/mol. The number of fused-ring (bicyclic) bond motifs is 1. The van der Waals surface area contributed by atoms with Gasteiger partial charge in [0.15, 0.2) is 23.0 Å². The average Bonchev–Trinajstić information content (AvgIpc) is 3.11. The van der Waals surface area contributed by atoms with E-state index >= 15 is 0 Å². The number of benzene rings is 3. The fraction of sp³-hybridized carbons (Fsp3) is 0.192. The van der Waals surface area contributed by atoms with E-state index in [1.165, 1.54) is 5.56 Å². The van der Waals surface area contributed by atoms with Gasteiger partial charge in [0, 0.05) is 5.56 Å². The van der Waals surface area contributed by atoms with Gasteiger partial charge in [-0.3, -0.25) is 4.79 Å². The van der Waals surface area contributed by atoms with Crippen molar-refractivity contribution in [2.75, 3.05) is 21.3 Å². The molecule has 0 spiro atoms. The molecule has 4 rings (SSSR count). The topological polar surface area (TPSA) is 69.4 Å². The average molecular weight is 432 g/mol. The highest BCUT2D eigenvalue weighted by Crippen LogP contribution is 2.39. The van der Waals surface area contributed by atoms with Gasteiger partial charge in [0.2, 0.25) is 5.78 Å². The maximum Gasteiger partial charge on any atom is 0.231 e. The highest BCUT2D eigenvalue weighted by atomic mass is 16.5. The number of ketones is 1. The second-order valence-electron chi connectivity index (χ2n) is 7.79. The van der Waals surface area contributed by atoms with Gasteiger partial charge in [-0.05, 0) is 35.9 Å². The summed E-state index contributed by atoms with van der Waals surface area (Å²) < 4.78 is 16.6. The van der Waals surface area contributed by atoms with Crippen LogP contribution in [0.15, 0.2) is 66.4 Å². The number of phenols is 1. The predicted octanol–water partition coefficient (Wildman–Crippen LogP) is 3.24. The fourth-order valence-corrected chi connectivity index (χ4v) is 3.87. The van der Waals surface area contributed by atoms with Crippen LogP contribution in [-0.4, -0.2) is 32.2 Å². The van der Waals surface area contributed by atoms with Crippen molar-refractivity contribution in [1.82, 2.24) is 0 Å². The van der Waals surface area contributed by atoms with Gasteiger partial charge in [-0.1, -0.05) is 36.4 Å². The second kappa shape index (κ2) is 9.16. The molecule has 6 heteroatoms. The minimum atomic E-state index is -0.211. The minimum Gasteiger partial charge on any atom is -0.507 e. The van der Waals surface area contributed by atoms with E-state index in [1.807, 2.05) is 31.3 Å². The Morgan fingerprint density at radius 3 is 2.44 bits per heavy atom. The van der Waals surface area contributed by atoms with E-state index in [4.69, 9.17) is 14.2 Å². The third-order valence-corrected chi connectivity index (χ3v) is 5.45. The maximum atomic E-state index is 13.0. The molecule has 1 heterocycles. The van der Waals surface area contributed by atoms with Crippen LogP contribution in [0.4, 0.5) is 0 Å². The lowest BCUT2D eigenvalue weighted by Gasteiger charge is -2.16. The molecule has 1 aliphatic heterocycles. The first-order chi connectivity index (χ1) is 15.5. The first-order valence-electron chi connectivity index (χ1n) is 10.4. The van der Waals surface area contributed by atoms with E-state index in [0.29, 0.717) is 34.9 Å². The van der Waals surface area contributed by atoms with Crippen molar-refractivity contribution in [3.05, 3.63) is 88.7 Å². The van der Waals surface area contributed by atoms with Crippen LogP contribution in [0.25, 0.3) is 6.08 Å². The lowest BCUT2D eigenvalue weighted by atomic mass is 10.0. The number of carbonyl (C=O) groups is 1. The summed E-state index contributed by atoms with van der Waals surface area (Å²) in [4.78, 5) is 14.1. The van der Waals surface area contributed by atoms with Gasteiger partial charge in [-0.15, -0.1) is 0 Å². The smallest absolute Gasteiger partial charge is 0.231 e. The summed E-state index contributed by atoms with van der Waals surface area (Å²) in [6, 6.07) is 18.7. The van der Waals surface area contributed by atoms with Crippen LogP contribution in [0.5, 0.6) is 23.0 Å². The van der Waals surface area contributed by atoms with Crippen molar-refractivity contribution in [1.29, 1.82) is 0 Å². The number of hydrogen-bond acceptors (Lipinski definition) is 5. The molecule has 0 saturated heterocycles. The Bertz CT molecular complexity index is 1170. The van der Waals surface area contributed by atoms with Gasteiger partial charge in [-0.25, -0.2) is 0 Å². The van der Waals surface area contributed by atoms with Gasteiger partial charge in [-0.2, -0.15) is 0 Å². The molecule has 1 atom stereocenters. The Kier molecular flexibility index (Phi) is 6.14. The molecule has 0 bridgehead atoms. The molecule has 1 aliphatic rings. The Hall–Kier alpha value is -3.77. The lowest BCUT2D eigenvalue weighted by molar-refractivity contribution is -0.907. The molecule has 3 aromatic rings. The van der Waals surface area contributed by atoms with E-state index < -0.39 is 0 Å². The molecule has 0 amide bonds. The van der Waals surface area contributed by atoms with Gasteiger partial charge >= 0.3 is 0 Å². The number of quaternary nitrogens is 1. The molecule has 6 nitrogen and oxygen atoms in total. The highest BCUT2D eigenvalue weighted by Gasteiger charge is 2.32. The number of rotatable bonds is 7. The molecule has 1 unspecified atom stereocenters. The number of nitrogens with one attached hydrogen (secondary N) is 1. The number of carbonyl (C=O) groups excluding carboxylic acids is 1. The predicted molar refractivity (Wildman–Crippen MR) is 121 cm³/mol. The van der Waals surface area contributed by atoms with Crippen LogP contribution < -0.4 is 19.1 Å². The number of Topliss-reactive ketones (excluding diaryl/α,β-unsaturated/α-hetero) is 1. The molecular weight excluding hydrogens is 406 g/mol. The van der Waals surface area contributed by atoms with Crippen molar-refractivity contribution in [3.8, 4) is 23.0 Å². The Morgan fingerprint density at radius 2 is 1.72 bits per heavy atom. The number of ether oxygens (including phenoxy) is 3. The van der Waals surface area contributed by atoms with Crippen LogP contribution >= 0.6 is 0 Å². The number of phenolic OH excluding ortho intramolecular Hbond substituents is 1. The Labute approximate surface area is 187 Å². The zero-order valence-corrected chi connectivity index (χ0v) is 18.3. The first-order valence-corrected chi connectivity index (χ1v) is 10.4. The number of aromatic hydroxyl groups is 1. The molecule has 164 valence electrons. The summed E-state index contributed by atoms with van der Waals surface area (Å²) in [5.74, 6) is 1.71. The van der Waals surface area contributed by atoms with Crippen LogP contribution in [0.2, 0.25) is 0 Å². The molecule has 3 aromatic carbocycles. The molecule has 0 aromatic heterocycles. The van der Waals surface area contributed by atoms with E-state index in [9.17, 15) is 9.90 Å². The number of allylic oxidation sites excluding steroid dienone is 1. The van der Waals surface area contributed by atoms with Gasteiger partial charge in [0.25, 0.3) is 0 Å². The fourth-order valence-electron chi connectivity index (χ4n) is 3.87. The summed E-state index contributed by atoms with van der Waals surface area (Å²) in [6.45, 7) is 1.30. The van der Waals surface area contributed by atoms with Crippen molar-refractivity contribution >= 4 is 11.9 Å². The van der Waals surface area contributed by atoms with Crippen LogP contribution in [0.1, 0.15) is 27.0 Å². The van der Waals surface area contributed by atoms with Gasteiger partial charge in [0.1, 0.15) is 18.8 Å². The number of methoxy groups -OCH3 is 2. The molecular formula is C26H26NO5+. The van der Waals surface area contributed by atoms with E-state index in [0.717, 1.165) is 17.0 Å².